The van der Waals surface area contributed by atoms with Crippen LogP contribution in [0.15, 0.2) is 11.8 Å². The summed E-state index contributed by atoms with van der Waals surface area (Å²) in [5.74, 6) is 0.716. The Kier molecular flexibility index (Phi) is 1.33. The smallest absolute Gasteiger partial charge is 0.311 e. The van der Waals surface area contributed by atoms with Crippen LogP contribution in [0, 0.1) is 0 Å². The average Bonchev–Trinajstić information content (AvgIpc) is 2.14. The van der Waals surface area contributed by atoms with E-state index >= 15 is 0 Å². The molecule has 0 radical (unpaired) electrons. The van der Waals surface area contributed by atoms with Gasteiger partial charge in [0.05, 0.1) is 6.42 Å². The summed E-state index contributed by atoms with van der Waals surface area (Å²) in [6, 6.07) is 0. The summed E-state index contributed by atoms with van der Waals surface area (Å²) in [5.41, 5.74) is 0. The van der Waals surface area contributed by atoms with E-state index in [1.807, 2.05) is 13.0 Å². The molecule has 0 aromatic carbocycles. The van der Waals surface area contributed by atoms with Crippen molar-refractivity contribution in [3.8, 4) is 0 Å². The van der Waals surface area contributed by atoms with Gasteiger partial charge in [0, 0.05) is 6.42 Å². The molecule has 0 N–H and O–H groups in total. The van der Waals surface area contributed by atoms with E-state index in [9.17, 15) is 4.79 Å². The van der Waals surface area contributed by atoms with Crippen LogP contribution in [-0.2, 0) is 9.53 Å². The van der Waals surface area contributed by atoms with Crippen molar-refractivity contribution in [2.45, 2.75) is 19.8 Å². The first-order valence-electron chi connectivity index (χ1n) is 2.69. The van der Waals surface area contributed by atoms with Gasteiger partial charge in [0.15, 0.2) is 0 Å². The molecule has 0 aromatic rings. The van der Waals surface area contributed by atoms with E-state index < -0.39 is 0 Å². The second kappa shape index (κ2) is 1.99. The minimum Gasteiger partial charge on any atom is -0.431 e. The molecule has 1 aliphatic heterocycles. The van der Waals surface area contributed by atoms with Gasteiger partial charge in [0.2, 0.25) is 0 Å². The van der Waals surface area contributed by atoms with Crippen LogP contribution in [-0.4, -0.2) is 5.97 Å². The molecule has 0 saturated carbocycles. The topological polar surface area (TPSA) is 26.3 Å². The van der Waals surface area contributed by atoms with E-state index in [1.54, 1.807) is 0 Å². The third-order valence-electron chi connectivity index (χ3n) is 1.14. The van der Waals surface area contributed by atoms with Crippen molar-refractivity contribution in [2.75, 3.05) is 0 Å². The largest absolute Gasteiger partial charge is 0.431 e. The van der Waals surface area contributed by atoms with E-state index in [1.165, 1.54) is 0 Å². The van der Waals surface area contributed by atoms with Gasteiger partial charge in [-0.05, 0) is 13.0 Å². The summed E-state index contributed by atoms with van der Waals surface area (Å²) in [6.07, 6.45) is 3.17. The summed E-state index contributed by atoms with van der Waals surface area (Å²) in [7, 11) is 0. The highest BCUT2D eigenvalue weighted by Gasteiger charge is 2.14. The Morgan fingerprint density at radius 2 is 2.38 bits per heavy atom. The van der Waals surface area contributed by atoms with Crippen LogP contribution >= 0.6 is 0 Å². The zero-order valence-electron chi connectivity index (χ0n) is 4.81. The van der Waals surface area contributed by atoms with Gasteiger partial charge in [-0.2, -0.15) is 0 Å². The minimum atomic E-state index is -0.0990. The van der Waals surface area contributed by atoms with Crippen LogP contribution in [0.3, 0.4) is 0 Å². The van der Waals surface area contributed by atoms with Crippen molar-refractivity contribution in [3.05, 3.63) is 11.8 Å². The molecule has 0 unspecified atom stereocenters. The molecule has 0 aliphatic carbocycles. The van der Waals surface area contributed by atoms with Crippen LogP contribution in [0.2, 0.25) is 0 Å². The van der Waals surface area contributed by atoms with E-state index in [0.717, 1.165) is 12.2 Å². The SMILES string of the molecule is CC=C1CCC(=O)O1. The summed E-state index contributed by atoms with van der Waals surface area (Å²) in [5, 5.41) is 0. The first-order valence-corrected chi connectivity index (χ1v) is 2.69. The Morgan fingerprint density at radius 3 is 2.62 bits per heavy atom. The van der Waals surface area contributed by atoms with Crippen molar-refractivity contribution in [3.63, 3.8) is 0 Å². The standard InChI is InChI=1S/C6H8O2/c1-2-5-3-4-6(7)8-5/h2H,3-4H2,1H3. The van der Waals surface area contributed by atoms with Crippen LogP contribution in [0.25, 0.3) is 0 Å². The fraction of sp³-hybridized carbons (Fsp3) is 0.500. The zero-order valence-corrected chi connectivity index (χ0v) is 4.81. The molecular formula is C6H8O2. The van der Waals surface area contributed by atoms with Crippen molar-refractivity contribution < 1.29 is 9.53 Å². The molecule has 2 nitrogen and oxygen atoms in total. The van der Waals surface area contributed by atoms with Gasteiger partial charge in [0.25, 0.3) is 0 Å². The molecule has 2 heteroatoms. The van der Waals surface area contributed by atoms with Gasteiger partial charge < -0.3 is 4.74 Å². The van der Waals surface area contributed by atoms with Gasteiger partial charge >= 0.3 is 5.97 Å². The van der Waals surface area contributed by atoms with Crippen molar-refractivity contribution in [2.24, 2.45) is 0 Å². The van der Waals surface area contributed by atoms with E-state index in [0.29, 0.717) is 6.42 Å². The molecule has 1 saturated heterocycles. The molecule has 0 aromatic heterocycles. The first-order chi connectivity index (χ1) is 3.83. The quantitative estimate of drug-likeness (QED) is 0.440. The number of ether oxygens (including phenoxy) is 1. The monoisotopic (exact) mass is 112 g/mol. The molecule has 1 aliphatic rings. The summed E-state index contributed by atoms with van der Waals surface area (Å²) >= 11 is 0. The Bertz CT molecular complexity index is 135. The second-order valence-corrected chi connectivity index (χ2v) is 1.73. The van der Waals surface area contributed by atoms with Crippen LogP contribution < -0.4 is 0 Å². The van der Waals surface area contributed by atoms with E-state index in [4.69, 9.17) is 4.74 Å². The van der Waals surface area contributed by atoms with Gasteiger partial charge in [-0.3, -0.25) is 4.79 Å². The number of hydrogen-bond donors (Lipinski definition) is 0. The maximum Gasteiger partial charge on any atom is 0.311 e. The first kappa shape index (κ1) is 5.35. The van der Waals surface area contributed by atoms with Crippen molar-refractivity contribution >= 4 is 5.97 Å². The number of cyclic esters (lactones) is 1. The van der Waals surface area contributed by atoms with E-state index in [-0.39, 0.29) is 5.97 Å². The number of carbonyl (C=O) groups excluding carboxylic acids is 1. The Labute approximate surface area is 48.1 Å². The highest BCUT2D eigenvalue weighted by molar-refractivity contribution is 5.73. The summed E-state index contributed by atoms with van der Waals surface area (Å²) in [4.78, 5) is 10.3. The number of hydrogen-bond acceptors (Lipinski definition) is 2. The van der Waals surface area contributed by atoms with Gasteiger partial charge in [-0.15, -0.1) is 0 Å². The molecule has 0 atom stereocenters. The number of carbonyl (C=O) groups is 1. The fourth-order valence-corrected chi connectivity index (χ4v) is 0.677. The summed E-state index contributed by atoms with van der Waals surface area (Å²) < 4.78 is 4.73. The minimum absolute atomic E-state index is 0.0990. The highest BCUT2D eigenvalue weighted by atomic mass is 16.5. The molecule has 0 spiro atoms. The average molecular weight is 112 g/mol. The third kappa shape index (κ3) is 0.886. The van der Waals surface area contributed by atoms with Gasteiger partial charge in [-0.25, -0.2) is 0 Å². The van der Waals surface area contributed by atoms with Crippen molar-refractivity contribution in [1.29, 1.82) is 0 Å². The van der Waals surface area contributed by atoms with Crippen molar-refractivity contribution in [1.82, 2.24) is 0 Å². The lowest BCUT2D eigenvalue weighted by Crippen LogP contribution is -1.88. The van der Waals surface area contributed by atoms with Crippen LogP contribution in [0.1, 0.15) is 19.8 Å². The number of allylic oxidation sites excluding steroid dienone is 2. The molecule has 0 amide bonds. The summed E-state index contributed by atoms with van der Waals surface area (Å²) in [6.45, 7) is 1.87. The van der Waals surface area contributed by atoms with Crippen LogP contribution in [0.4, 0.5) is 0 Å². The lowest BCUT2D eigenvalue weighted by molar-refractivity contribution is -0.135. The zero-order chi connectivity index (χ0) is 5.98. The molecule has 1 fully saturated rings. The maximum absolute atomic E-state index is 10.3. The molecule has 8 heavy (non-hydrogen) atoms. The predicted molar refractivity (Wildman–Crippen MR) is 29.1 cm³/mol. The van der Waals surface area contributed by atoms with Gasteiger partial charge in [0.1, 0.15) is 5.76 Å². The normalized spacial score (nSPS) is 24.1. The maximum atomic E-state index is 10.3. The van der Waals surface area contributed by atoms with Crippen LogP contribution in [0.5, 0.6) is 0 Å². The molecule has 1 rings (SSSR count). The third-order valence-corrected chi connectivity index (χ3v) is 1.14. The van der Waals surface area contributed by atoms with Gasteiger partial charge in [-0.1, -0.05) is 0 Å². The van der Waals surface area contributed by atoms with E-state index in [2.05, 4.69) is 0 Å². The predicted octanol–water partition coefficient (Wildman–Crippen LogP) is 1.23. The second-order valence-electron chi connectivity index (χ2n) is 1.73. The number of rotatable bonds is 0. The lowest BCUT2D eigenvalue weighted by Gasteiger charge is -1.89. The number of esters is 1. The fourth-order valence-electron chi connectivity index (χ4n) is 0.677. The Morgan fingerprint density at radius 1 is 1.62 bits per heavy atom. The highest BCUT2D eigenvalue weighted by Crippen LogP contribution is 2.16. The molecule has 1 heterocycles. The molecule has 44 valence electrons. The lowest BCUT2D eigenvalue weighted by atomic mass is 10.3. The molecule has 0 bridgehead atoms. The Balaban J connectivity index is 2.56. The molecular weight excluding hydrogens is 104 g/mol. The Hall–Kier alpha value is -0.790.